The molecular weight excluding hydrogens is 447 g/mol. The Morgan fingerprint density at radius 3 is 2.41 bits per heavy atom. The molecule has 2 amide bonds. The minimum Gasteiger partial charge on any atom is -0.455 e. The summed E-state index contributed by atoms with van der Waals surface area (Å²) in [6.45, 7) is 1.41. The molecule has 10 heteroatoms. The van der Waals surface area contributed by atoms with Gasteiger partial charge in [0.1, 0.15) is 11.6 Å². The summed E-state index contributed by atoms with van der Waals surface area (Å²) in [5.41, 5.74) is 7.12. The number of urea groups is 1. The largest absolute Gasteiger partial charge is 0.455 e. The van der Waals surface area contributed by atoms with Crippen LogP contribution in [0, 0.1) is 6.92 Å². The molecular formula is C24H28F3N5O2. The lowest BCUT2D eigenvalue weighted by Gasteiger charge is -2.36. The lowest BCUT2D eigenvalue weighted by Crippen LogP contribution is -2.47. The quantitative estimate of drug-likeness (QED) is 0.507. The van der Waals surface area contributed by atoms with E-state index >= 15 is 0 Å². The van der Waals surface area contributed by atoms with E-state index in [1.807, 2.05) is 49.3 Å². The van der Waals surface area contributed by atoms with Gasteiger partial charge in [0, 0.05) is 49.4 Å². The SMILES string of the molecule is Cc1cc(N(C(N)=O)[C@H]2CC[C@@H](Nc3cc(N(C)C)c4ccccc4n3)CC2)c(C(F)(F)F)o1. The summed E-state index contributed by atoms with van der Waals surface area (Å²) in [5, 5.41) is 4.52. The van der Waals surface area contributed by atoms with Crippen molar-refractivity contribution in [2.24, 2.45) is 5.73 Å². The molecule has 0 radical (unpaired) electrons. The van der Waals surface area contributed by atoms with Gasteiger partial charge in [-0.05, 0) is 38.7 Å². The number of nitrogens with one attached hydrogen (secondary N) is 1. The zero-order chi connectivity index (χ0) is 24.6. The van der Waals surface area contributed by atoms with Crippen LogP contribution in [0.2, 0.25) is 0 Å². The van der Waals surface area contributed by atoms with Gasteiger partial charge in [0.05, 0.1) is 11.2 Å². The standard InChI is InChI=1S/C24H28F3N5O2/c1-14-12-20(22(34-14)24(25,26)27)32(23(28)33)16-10-8-15(9-11-16)29-21-13-19(31(2)3)17-6-4-5-7-18(17)30-21/h4-7,12-13,15-16H,8-11H2,1-3H3,(H2,28,33)(H,29,30)/t15-,16+. The Bertz CT molecular complexity index is 1180. The van der Waals surface area contributed by atoms with Crippen LogP contribution in [0.25, 0.3) is 10.9 Å². The number of alkyl halides is 3. The van der Waals surface area contributed by atoms with Crippen molar-refractivity contribution in [1.29, 1.82) is 0 Å². The van der Waals surface area contributed by atoms with Gasteiger partial charge in [-0.1, -0.05) is 18.2 Å². The third kappa shape index (κ3) is 4.76. The average Bonchev–Trinajstić information content (AvgIpc) is 3.16. The fraction of sp³-hybridized carbons (Fsp3) is 0.417. The van der Waals surface area contributed by atoms with Crippen molar-refractivity contribution in [2.45, 2.75) is 50.9 Å². The van der Waals surface area contributed by atoms with Crippen molar-refractivity contribution >= 4 is 34.1 Å². The van der Waals surface area contributed by atoms with Crippen LogP contribution in [0.15, 0.2) is 40.8 Å². The predicted molar refractivity (Wildman–Crippen MR) is 126 cm³/mol. The van der Waals surface area contributed by atoms with Crippen LogP contribution in [0.3, 0.4) is 0 Å². The van der Waals surface area contributed by atoms with Crippen LogP contribution in [0.1, 0.15) is 37.2 Å². The van der Waals surface area contributed by atoms with E-state index in [9.17, 15) is 18.0 Å². The van der Waals surface area contributed by atoms with Crippen molar-refractivity contribution in [3.63, 3.8) is 0 Å². The molecule has 1 saturated carbocycles. The first-order valence-electron chi connectivity index (χ1n) is 11.1. The summed E-state index contributed by atoms with van der Waals surface area (Å²) < 4.78 is 45.3. The molecule has 182 valence electrons. The first kappa shape index (κ1) is 23.7. The molecule has 3 aromatic rings. The highest BCUT2D eigenvalue weighted by molar-refractivity contribution is 5.93. The van der Waals surface area contributed by atoms with Crippen LogP contribution in [0.4, 0.5) is 35.2 Å². The number of primary amides is 1. The van der Waals surface area contributed by atoms with Crippen LogP contribution in [0.5, 0.6) is 0 Å². The fourth-order valence-electron chi connectivity index (χ4n) is 4.67. The highest BCUT2D eigenvalue weighted by atomic mass is 19.4. The number of carbonyl (C=O) groups excluding carboxylic acids is 1. The van der Waals surface area contributed by atoms with E-state index in [2.05, 4.69) is 5.32 Å². The van der Waals surface area contributed by atoms with Gasteiger partial charge in [0.15, 0.2) is 0 Å². The predicted octanol–water partition coefficient (Wildman–Crippen LogP) is 5.53. The van der Waals surface area contributed by atoms with E-state index in [-0.39, 0.29) is 17.5 Å². The number of hydrogen-bond donors (Lipinski definition) is 2. The molecule has 0 aliphatic heterocycles. The number of rotatable bonds is 5. The monoisotopic (exact) mass is 475 g/mol. The van der Waals surface area contributed by atoms with Crippen LogP contribution in [-0.4, -0.2) is 37.2 Å². The van der Waals surface area contributed by atoms with Gasteiger partial charge in [0.25, 0.3) is 0 Å². The first-order valence-corrected chi connectivity index (χ1v) is 11.1. The summed E-state index contributed by atoms with van der Waals surface area (Å²) in [6.07, 6.45) is -2.43. The number of amides is 2. The normalized spacial score (nSPS) is 18.6. The number of halogens is 3. The Hall–Kier alpha value is -3.43. The van der Waals surface area contributed by atoms with Gasteiger partial charge < -0.3 is 20.4 Å². The first-order chi connectivity index (χ1) is 16.0. The summed E-state index contributed by atoms with van der Waals surface area (Å²) in [7, 11) is 3.95. The van der Waals surface area contributed by atoms with E-state index in [0.29, 0.717) is 25.7 Å². The Balaban J connectivity index is 1.51. The smallest absolute Gasteiger partial charge is 0.451 e. The van der Waals surface area contributed by atoms with Gasteiger partial charge >= 0.3 is 12.2 Å². The molecule has 0 spiro atoms. The Morgan fingerprint density at radius 1 is 1.12 bits per heavy atom. The number of fused-ring (bicyclic) bond motifs is 1. The van der Waals surface area contributed by atoms with Crippen molar-refractivity contribution < 1.29 is 22.4 Å². The molecule has 0 saturated heterocycles. The molecule has 7 nitrogen and oxygen atoms in total. The van der Waals surface area contributed by atoms with E-state index < -0.39 is 24.0 Å². The third-order valence-corrected chi connectivity index (χ3v) is 6.18. The maximum Gasteiger partial charge on any atom is 0.451 e. The number of furan rings is 1. The maximum atomic E-state index is 13.5. The van der Waals surface area contributed by atoms with Crippen LogP contribution < -0.4 is 20.9 Å². The van der Waals surface area contributed by atoms with Crippen molar-refractivity contribution in [2.75, 3.05) is 29.2 Å². The van der Waals surface area contributed by atoms with E-state index in [1.165, 1.54) is 13.0 Å². The molecule has 0 unspecified atom stereocenters. The Kier molecular flexibility index (Phi) is 6.33. The highest BCUT2D eigenvalue weighted by Crippen LogP contribution is 2.41. The van der Waals surface area contributed by atoms with Crippen molar-refractivity contribution in [1.82, 2.24) is 4.98 Å². The molecule has 4 rings (SSSR count). The molecule has 2 heterocycles. The molecule has 1 fully saturated rings. The average molecular weight is 476 g/mol. The zero-order valence-corrected chi connectivity index (χ0v) is 19.3. The number of anilines is 3. The van der Waals surface area contributed by atoms with E-state index in [0.717, 1.165) is 27.3 Å². The Labute approximate surface area is 195 Å². The molecule has 34 heavy (non-hydrogen) atoms. The Morgan fingerprint density at radius 2 is 1.79 bits per heavy atom. The summed E-state index contributed by atoms with van der Waals surface area (Å²) >= 11 is 0. The highest BCUT2D eigenvalue weighted by Gasteiger charge is 2.42. The topological polar surface area (TPSA) is 87.6 Å². The minimum atomic E-state index is -4.72. The van der Waals surface area contributed by atoms with Gasteiger partial charge in [-0.3, -0.25) is 4.90 Å². The minimum absolute atomic E-state index is 0.0721. The molecule has 1 aliphatic carbocycles. The van der Waals surface area contributed by atoms with Crippen LogP contribution in [-0.2, 0) is 6.18 Å². The van der Waals surface area contributed by atoms with Gasteiger partial charge in [0.2, 0.25) is 5.76 Å². The van der Waals surface area contributed by atoms with Gasteiger partial charge in [-0.15, -0.1) is 0 Å². The number of pyridine rings is 1. The molecule has 2 aromatic heterocycles. The van der Waals surface area contributed by atoms with E-state index in [1.54, 1.807) is 0 Å². The second kappa shape index (κ2) is 9.08. The lowest BCUT2D eigenvalue weighted by atomic mass is 9.90. The van der Waals surface area contributed by atoms with Crippen molar-refractivity contribution in [3.8, 4) is 0 Å². The van der Waals surface area contributed by atoms with Gasteiger partial charge in [-0.2, -0.15) is 13.2 Å². The fourth-order valence-corrected chi connectivity index (χ4v) is 4.67. The van der Waals surface area contributed by atoms with Gasteiger partial charge in [-0.25, -0.2) is 9.78 Å². The van der Waals surface area contributed by atoms with Crippen LogP contribution >= 0.6 is 0 Å². The van der Waals surface area contributed by atoms with E-state index in [4.69, 9.17) is 15.1 Å². The number of carbonyl (C=O) groups is 1. The summed E-state index contributed by atoms with van der Waals surface area (Å²) in [4.78, 5) is 20.0. The maximum absolute atomic E-state index is 13.5. The number of nitrogens with two attached hydrogens (primary N) is 1. The number of hydrogen-bond acceptors (Lipinski definition) is 5. The molecule has 0 atom stereocenters. The molecule has 1 aliphatic rings. The second-order valence-electron chi connectivity index (χ2n) is 8.87. The molecule has 1 aromatic carbocycles. The second-order valence-corrected chi connectivity index (χ2v) is 8.87. The summed E-state index contributed by atoms with van der Waals surface area (Å²) in [5.74, 6) is -0.383. The number of aryl methyl sites for hydroxylation is 1. The third-order valence-electron chi connectivity index (χ3n) is 6.18. The number of para-hydroxylation sites is 1. The number of nitrogens with zero attached hydrogens (tertiary/aromatic N) is 3. The zero-order valence-electron chi connectivity index (χ0n) is 19.3. The summed E-state index contributed by atoms with van der Waals surface area (Å²) in [6, 6.07) is 9.82. The molecule has 0 bridgehead atoms. The number of aromatic nitrogens is 1. The number of benzene rings is 1. The molecule has 3 N–H and O–H groups in total. The lowest BCUT2D eigenvalue weighted by molar-refractivity contribution is -0.152. The van der Waals surface area contributed by atoms with Crippen molar-refractivity contribution in [3.05, 3.63) is 47.9 Å².